The van der Waals surface area contributed by atoms with E-state index in [0.29, 0.717) is 50.8 Å². The fraction of sp³-hybridized carbons (Fsp3) is 0.600. The van der Waals surface area contributed by atoms with Gasteiger partial charge in [-0.05, 0) is 42.9 Å². The molecule has 1 atom stereocenters. The highest BCUT2D eigenvalue weighted by Gasteiger charge is 2.25. The third-order valence-corrected chi connectivity index (χ3v) is 5.71. The van der Waals surface area contributed by atoms with E-state index in [1.165, 1.54) is 12.1 Å². The van der Waals surface area contributed by atoms with E-state index >= 15 is 0 Å². The molecule has 2 saturated heterocycles. The summed E-state index contributed by atoms with van der Waals surface area (Å²) in [5.41, 5.74) is 0.646. The van der Waals surface area contributed by atoms with E-state index in [0.717, 1.165) is 25.8 Å². The largest absolute Gasteiger partial charge is 0.378 e. The number of amides is 2. The van der Waals surface area contributed by atoms with Crippen LogP contribution in [0.3, 0.4) is 0 Å². The molecule has 0 N–H and O–H groups in total. The van der Waals surface area contributed by atoms with E-state index in [2.05, 4.69) is 0 Å². The van der Waals surface area contributed by atoms with Crippen LogP contribution in [0.4, 0.5) is 4.39 Å². The van der Waals surface area contributed by atoms with Gasteiger partial charge in [0, 0.05) is 37.6 Å². The standard InChI is InChI=1S/C20H26ClFN2O3/c21-18-13-17(22)5-4-16(18)12-20(26)24-7-1-2-15(14-24)3-6-19(25)23-8-10-27-11-9-23/h4-5,13,15H,1-3,6-12,14H2/t15-/m0/s1. The number of morpholine rings is 1. The molecule has 5 nitrogen and oxygen atoms in total. The molecular weight excluding hydrogens is 371 g/mol. The monoisotopic (exact) mass is 396 g/mol. The number of likely N-dealkylation sites (tertiary alicyclic amines) is 1. The Kier molecular flexibility index (Phi) is 7.07. The fourth-order valence-electron chi connectivity index (χ4n) is 3.77. The van der Waals surface area contributed by atoms with Crippen molar-refractivity contribution in [3.8, 4) is 0 Å². The Hall–Kier alpha value is -1.66. The molecule has 0 aromatic heterocycles. The number of piperidine rings is 1. The summed E-state index contributed by atoms with van der Waals surface area (Å²) in [6.45, 7) is 3.98. The van der Waals surface area contributed by atoms with Gasteiger partial charge in [0.15, 0.2) is 0 Å². The van der Waals surface area contributed by atoms with Crippen LogP contribution in [-0.2, 0) is 20.7 Å². The number of carbonyl (C=O) groups is 2. The Bertz CT molecular complexity index is 679. The third-order valence-electron chi connectivity index (χ3n) is 5.36. The van der Waals surface area contributed by atoms with Crippen LogP contribution in [0.25, 0.3) is 0 Å². The molecule has 148 valence electrons. The van der Waals surface area contributed by atoms with E-state index in [4.69, 9.17) is 16.3 Å². The van der Waals surface area contributed by atoms with Crippen LogP contribution in [0.1, 0.15) is 31.2 Å². The van der Waals surface area contributed by atoms with Crippen molar-refractivity contribution in [1.29, 1.82) is 0 Å². The molecule has 7 heteroatoms. The minimum absolute atomic E-state index is 0.00714. The first kappa shape index (κ1) is 20.1. The maximum absolute atomic E-state index is 13.2. The van der Waals surface area contributed by atoms with Crippen LogP contribution in [0, 0.1) is 11.7 Å². The number of carbonyl (C=O) groups excluding carboxylic acids is 2. The van der Waals surface area contributed by atoms with Gasteiger partial charge >= 0.3 is 0 Å². The normalized spacial score (nSPS) is 20.6. The predicted molar refractivity (Wildman–Crippen MR) is 101 cm³/mol. The van der Waals surface area contributed by atoms with Crippen LogP contribution in [0.15, 0.2) is 18.2 Å². The molecule has 0 aliphatic carbocycles. The molecule has 2 amide bonds. The van der Waals surface area contributed by atoms with Gasteiger partial charge in [0.2, 0.25) is 11.8 Å². The molecule has 2 aliphatic rings. The highest BCUT2D eigenvalue weighted by atomic mass is 35.5. The molecule has 2 aliphatic heterocycles. The Balaban J connectivity index is 1.48. The van der Waals surface area contributed by atoms with Crippen LogP contribution in [0.5, 0.6) is 0 Å². The summed E-state index contributed by atoms with van der Waals surface area (Å²) in [6, 6.07) is 4.13. The molecule has 0 unspecified atom stereocenters. The van der Waals surface area contributed by atoms with Gasteiger partial charge in [-0.25, -0.2) is 4.39 Å². The van der Waals surface area contributed by atoms with Gasteiger partial charge in [-0.2, -0.15) is 0 Å². The van der Waals surface area contributed by atoms with Crippen molar-refractivity contribution in [3.05, 3.63) is 34.6 Å². The van der Waals surface area contributed by atoms with E-state index < -0.39 is 5.82 Å². The SMILES string of the molecule is O=C(CC[C@@H]1CCCN(C(=O)Cc2ccc(F)cc2Cl)C1)N1CCOCC1. The molecule has 2 heterocycles. The number of hydrogen-bond donors (Lipinski definition) is 0. The zero-order valence-electron chi connectivity index (χ0n) is 15.5. The van der Waals surface area contributed by atoms with Crippen molar-refractivity contribution in [2.75, 3.05) is 39.4 Å². The van der Waals surface area contributed by atoms with Gasteiger partial charge in [0.25, 0.3) is 0 Å². The topological polar surface area (TPSA) is 49.9 Å². The second kappa shape index (κ2) is 9.51. The summed E-state index contributed by atoms with van der Waals surface area (Å²) < 4.78 is 18.4. The first-order valence-corrected chi connectivity index (χ1v) is 9.98. The molecule has 0 bridgehead atoms. The van der Waals surface area contributed by atoms with Crippen LogP contribution in [0.2, 0.25) is 5.02 Å². The third kappa shape index (κ3) is 5.66. The molecule has 0 radical (unpaired) electrons. The zero-order valence-corrected chi connectivity index (χ0v) is 16.2. The lowest BCUT2D eigenvalue weighted by molar-refractivity contribution is -0.135. The van der Waals surface area contributed by atoms with Crippen molar-refractivity contribution in [2.45, 2.75) is 32.1 Å². The van der Waals surface area contributed by atoms with Crippen molar-refractivity contribution in [2.24, 2.45) is 5.92 Å². The number of halogens is 2. The van der Waals surface area contributed by atoms with Gasteiger partial charge in [-0.1, -0.05) is 17.7 Å². The van der Waals surface area contributed by atoms with Gasteiger partial charge in [0.05, 0.1) is 19.6 Å². The summed E-state index contributed by atoms with van der Waals surface area (Å²) in [4.78, 5) is 28.6. The van der Waals surface area contributed by atoms with Gasteiger partial charge in [0.1, 0.15) is 5.82 Å². The van der Waals surface area contributed by atoms with Crippen LogP contribution < -0.4 is 0 Å². The molecule has 1 aromatic rings. The first-order valence-electron chi connectivity index (χ1n) is 9.60. The smallest absolute Gasteiger partial charge is 0.227 e. The lowest BCUT2D eigenvalue weighted by atomic mass is 9.92. The second-order valence-electron chi connectivity index (χ2n) is 7.29. The van der Waals surface area contributed by atoms with Crippen LogP contribution >= 0.6 is 11.6 Å². The molecule has 1 aromatic carbocycles. The zero-order chi connectivity index (χ0) is 19.2. The molecule has 0 saturated carbocycles. The maximum atomic E-state index is 13.2. The number of benzene rings is 1. The van der Waals surface area contributed by atoms with Crippen molar-refractivity contribution in [1.82, 2.24) is 9.80 Å². The van der Waals surface area contributed by atoms with Gasteiger partial charge in [-0.15, -0.1) is 0 Å². The average Bonchev–Trinajstić information content (AvgIpc) is 2.69. The minimum atomic E-state index is -0.404. The molecule has 2 fully saturated rings. The highest BCUT2D eigenvalue weighted by molar-refractivity contribution is 6.31. The summed E-state index contributed by atoms with van der Waals surface area (Å²) in [5, 5.41) is 0.285. The number of rotatable bonds is 5. The van der Waals surface area contributed by atoms with Crippen LogP contribution in [-0.4, -0.2) is 61.0 Å². The van der Waals surface area contributed by atoms with Gasteiger partial charge < -0.3 is 14.5 Å². The molecule has 0 spiro atoms. The Labute approximate surface area is 164 Å². The van der Waals surface area contributed by atoms with Crippen molar-refractivity contribution >= 4 is 23.4 Å². The van der Waals surface area contributed by atoms with E-state index in [1.54, 1.807) is 6.07 Å². The number of ether oxygens (including phenoxy) is 1. The summed E-state index contributed by atoms with van der Waals surface area (Å²) in [7, 11) is 0. The maximum Gasteiger partial charge on any atom is 0.227 e. The number of hydrogen-bond acceptors (Lipinski definition) is 3. The lowest BCUT2D eigenvalue weighted by Crippen LogP contribution is -2.42. The molecule has 3 rings (SSSR count). The van der Waals surface area contributed by atoms with E-state index in [1.807, 2.05) is 9.80 Å². The summed E-state index contributed by atoms with van der Waals surface area (Å²) >= 11 is 6.04. The lowest BCUT2D eigenvalue weighted by Gasteiger charge is -2.33. The predicted octanol–water partition coefficient (Wildman–Crippen LogP) is 2.90. The van der Waals surface area contributed by atoms with Crippen molar-refractivity contribution < 1.29 is 18.7 Å². The fourth-order valence-corrected chi connectivity index (χ4v) is 4.00. The molecule has 27 heavy (non-hydrogen) atoms. The van der Waals surface area contributed by atoms with E-state index in [-0.39, 0.29) is 23.3 Å². The highest BCUT2D eigenvalue weighted by Crippen LogP contribution is 2.24. The minimum Gasteiger partial charge on any atom is -0.378 e. The average molecular weight is 397 g/mol. The Morgan fingerprint density at radius 3 is 2.67 bits per heavy atom. The Morgan fingerprint density at radius 1 is 1.15 bits per heavy atom. The first-order chi connectivity index (χ1) is 13.0. The summed E-state index contributed by atoms with van der Waals surface area (Å²) in [6.07, 6.45) is 3.49. The number of nitrogens with zero attached hydrogens (tertiary/aromatic N) is 2. The summed E-state index contributed by atoms with van der Waals surface area (Å²) in [5.74, 6) is 0.128. The van der Waals surface area contributed by atoms with Crippen molar-refractivity contribution in [3.63, 3.8) is 0 Å². The quantitative estimate of drug-likeness (QED) is 0.769. The molecular formula is C20H26ClFN2O3. The van der Waals surface area contributed by atoms with E-state index in [9.17, 15) is 14.0 Å². The van der Waals surface area contributed by atoms with Gasteiger partial charge in [-0.3, -0.25) is 9.59 Å². The Morgan fingerprint density at radius 2 is 1.93 bits per heavy atom. The second-order valence-corrected chi connectivity index (χ2v) is 7.70.